The molecule has 0 amide bonds. The highest BCUT2D eigenvalue weighted by Gasteiger charge is 2.25. The Hall–Kier alpha value is -3.04. The molecule has 0 fully saturated rings. The quantitative estimate of drug-likeness (QED) is 0.647. The van der Waals surface area contributed by atoms with Crippen LogP contribution in [-0.2, 0) is 9.47 Å². The maximum Gasteiger partial charge on any atom is 0.379 e. The fourth-order valence-corrected chi connectivity index (χ4v) is 2.66. The van der Waals surface area contributed by atoms with Crippen LogP contribution in [0.2, 0.25) is 0 Å². The van der Waals surface area contributed by atoms with Crippen LogP contribution in [0.25, 0.3) is 11.1 Å². The lowest BCUT2D eigenvalue weighted by molar-refractivity contribution is 0.0227. The first-order valence-corrected chi connectivity index (χ1v) is 8.24. The molecule has 9 nitrogen and oxygen atoms in total. The molecular weight excluding hydrogens is 372 g/mol. The van der Waals surface area contributed by atoms with E-state index in [9.17, 15) is 14.7 Å². The van der Waals surface area contributed by atoms with Gasteiger partial charge in [0.1, 0.15) is 17.6 Å². The van der Waals surface area contributed by atoms with E-state index < -0.39 is 23.5 Å². The molecule has 28 heavy (non-hydrogen) atoms. The van der Waals surface area contributed by atoms with Crippen molar-refractivity contribution in [2.24, 2.45) is 0 Å². The Bertz CT molecular complexity index is 844. The minimum absolute atomic E-state index is 0.135. The summed E-state index contributed by atoms with van der Waals surface area (Å²) in [6, 6.07) is 6.19. The average molecular weight is 394 g/mol. The van der Waals surface area contributed by atoms with Gasteiger partial charge in [0.05, 0.1) is 33.0 Å². The number of benzene rings is 1. The van der Waals surface area contributed by atoms with Crippen molar-refractivity contribution < 1.29 is 38.0 Å². The molecule has 2 aromatic rings. The largest absolute Gasteiger partial charge is 0.496 e. The summed E-state index contributed by atoms with van der Waals surface area (Å²) in [4.78, 5) is 24.0. The highest BCUT2D eigenvalue weighted by molar-refractivity contribution is 5.89. The Kier molecular flexibility index (Phi) is 7.42. The van der Waals surface area contributed by atoms with Crippen molar-refractivity contribution in [3.63, 3.8) is 0 Å². The summed E-state index contributed by atoms with van der Waals surface area (Å²) in [5.41, 5.74) is -0.452. The summed E-state index contributed by atoms with van der Waals surface area (Å²) in [5.74, 6) is -1.42. The summed E-state index contributed by atoms with van der Waals surface area (Å²) in [6.45, 7) is 0.271. The molecule has 0 aliphatic heterocycles. The van der Waals surface area contributed by atoms with Crippen LogP contribution in [0.15, 0.2) is 33.5 Å². The molecule has 1 N–H and O–H groups in total. The van der Waals surface area contributed by atoms with Crippen LogP contribution >= 0.6 is 0 Å². The van der Waals surface area contributed by atoms with E-state index >= 15 is 0 Å². The number of methoxy groups -OCH3 is 4. The van der Waals surface area contributed by atoms with Gasteiger partial charge in [-0.25, -0.2) is 9.59 Å². The second-order valence-corrected chi connectivity index (χ2v) is 5.63. The van der Waals surface area contributed by atoms with E-state index in [2.05, 4.69) is 0 Å². The molecule has 9 heteroatoms. The number of carboxylic acid groups (broad SMARTS) is 1. The van der Waals surface area contributed by atoms with E-state index in [1.807, 2.05) is 0 Å². The van der Waals surface area contributed by atoms with Crippen LogP contribution in [-0.4, -0.2) is 58.8 Å². The highest BCUT2D eigenvalue weighted by Crippen LogP contribution is 2.42. The van der Waals surface area contributed by atoms with Crippen LogP contribution in [0, 0.1) is 0 Å². The van der Waals surface area contributed by atoms with Crippen LogP contribution < -0.4 is 19.8 Å². The van der Waals surface area contributed by atoms with Crippen molar-refractivity contribution in [2.75, 3.05) is 41.7 Å². The Morgan fingerprint density at radius 1 is 1.07 bits per heavy atom. The first-order chi connectivity index (χ1) is 13.5. The number of hydrogen-bond donors (Lipinski definition) is 1. The van der Waals surface area contributed by atoms with Gasteiger partial charge in [-0.2, -0.15) is 0 Å². The van der Waals surface area contributed by atoms with Crippen LogP contribution in [0.5, 0.6) is 17.2 Å². The molecule has 0 atom stereocenters. The van der Waals surface area contributed by atoms with Gasteiger partial charge in [-0.15, -0.1) is 0 Å². The maximum absolute atomic E-state index is 12.6. The third-order valence-corrected chi connectivity index (χ3v) is 3.81. The average Bonchev–Trinajstić information content (AvgIpc) is 2.68. The predicted molar refractivity (Wildman–Crippen MR) is 98.6 cm³/mol. The zero-order valence-corrected chi connectivity index (χ0v) is 16.0. The summed E-state index contributed by atoms with van der Waals surface area (Å²) < 4.78 is 31.6. The van der Waals surface area contributed by atoms with Gasteiger partial charge in [-0.05, 0) is 12.1 Å². The van der Waals surface area contributed by atoms with Crippen molar-refractivity contribution in [3.8, 4) is 28.4 Å². The predicted octanol–water partition coefficient (Wildman–Crippen LogP) is 2.06. The number of carbonyl (C=O) groups is 1. The molecule has 2 rings (SSSR count). The van der Waals surface area contributed by atoms with Gasteiger partial charge in [0.25, 0.3) is 0 Å². The van der Waals surface area contributed by atoms with E-state index in [0.29, 0.717) is 17.1 Å². The molecule has 0 aliphatic carbocycles. The van der Waals surface area contributed by atoms with Crippen molar-refractivity contribution in [1.29, 1.82) is 0 Å². The number of hydrogen-bond acceptors (Lipinski definition) is 8. The second-order valence-electron chi connectivity index (χ2n) is 5.63. The van der Waals surface area contributed by atoms with E-state index in [-0.39, 0.29) is 24.5 Å². The van der Waals surface area contributed by atoms with Gasteiger partial charge < -0.3 is 33.2 Å². The lowest BCUT2D eigenvalue weighted by atomic mass is 10.0. The first-order valence-electron chi connectivity index (χ1n) is 8.24. The summed E-state index contributed by atoms with van der Waals surface area (Å²) in [7, 11) is 5.85. The summed E-state index contributed by atoms with van der Waals surface area (Å²) >= 11 is 0. The zero-order valence-electron chi connectivity index (χ0n) is 16.0. The number of ether oxygens (including phenoxy) is 5. The maximum atomic E-state index is 12.6. The Labute approximate surface area is 161 Å². The normalized spacial score (nSPS) is 10.8. The van der Waals surface area contributed by atoms with Crippen molar-refractivity contribution in [2.45, 2.75) is 6.10 Å². The Balaban J connectivity index is 2.74. The van der Waals surface area contributed by atoms with Crippen LogP contribution in [0.4, 0.5) is 0 Å². The Morgan fingerprint density at radius 2 is 1.64 bits per heavy atom. The first kappa shape index (κ1) is 21.3. The van der Waals surface area contributed by atoms with Crippen LogP contribution in [0.1, 0.15) is 10.6 Å². The third-order valence-electron chi connectivity index (χ3n) is 3.81. The van der Waals surface area contributed by atoms with Gasteiger partial charge in [0.15, 0.2) is 0 Å². The van der Waals surface area contributed by atoms with Crippen molar-refractivity contribution in [3.05, 3.63) is 40.4 Å². The standard InChI is InChI=1S/C19H22O9/c1-23-9-11(10-24-2)27-17-12(8-15(18(20)21)28-19(17)22)16-13(25-3)6-5-7-14(16)26-4/h5-8,11H,9-10H2,1-4H3,(H,20,21). The van der Waals surface area contributed by atoms with Crippen molar-refractivity contribution in [1.82, 2.24) is 0 Å². The van der Waals surface area contributed by atoms with Crippen LogP contribution in [0.3, 0.4) is 0 Å². The molecule has 0 spiro atoms. The summed E-state index contributed by atoms with van der Waals surface area (Å²) in [5, 5.41) is 9.30. The van der Waals surface area contributed by atoms with Gasteiger partial charge in [0, 0.05) is 25.8 Å². The SMILES string of the molecule is COCC(COC)Oc1c(-c2c(OC)cccc2OC)cc(C(=O)O)oc1=O. The molecule has 1 aromatic carbocycles. The molecule has 1 aromatic heterocycles. The molecule has 0 saturated carbocycles. The molecule has 152 valence electrons. The molecule has 0 saturated heterocycles. The van der Waals surface area contributed by atoms with Crippen molar-refractivity contribution >= 4 is 5.97 Å². The molecule has 0 radical (unpaired) electrons. The topological polar surface area (TPSA) is 114 Å². The third kappa shape index (κ3) is 4.62. The lowest BCUT2D eigenvalue weighted by Gasteiger charge is -2.20. The minimum atomic E-state index is -1.40. The van der Waals surface area contributed by atoms with Gasteiger partial charge >= 0.3 is 11.6 Å². The smallest absolute Gasteiger partial charge is 0.379 e. The molecule has 0 unspecified atom stereocenters. The van der Waals surface area contributed by atoms with Gasteiger partial charge in [0.2, 0.25) is 11.5 Å². The monoisotopic (exact) mass is 394 g/mol. The molecule has 0 bridgehead atoms. The lowest BCUT2D eigenvalue weighted by Crippen LogP contribution is -2.30. The number of rotatable bonds is 10. The Morgan fingerprint density at radius 3 is 2.11 bits per heavy atom. The van der Waals surface area contributed by atoms with E-state index in [1.54, 1.807) is 18.2 Å². The fourth-order valence-electron chi connectivity index (χ4n) is 2.66. The van der Waals surface area contributed by atoms with Gasteiger partial charge in [-0.1, -0.05) is 6.07 Å². The van der Waals surface area contributed by atoms with E-state index in [1.165, 1.54) is 34.5 Å². The number of carboxylic acids is 1. The minimum Gasteiger partial charge on any atom is -0.496 e. The highest BCUT2D eigenvalue weighted by atomic mass is 16.6. The van der Waals surface area contributed by atoms with E-state index in [4.69, 9.17) is 28.1 Å². The van der Waals surface area contributed by atoms with Gasteiger partial charge in [-0.3, -0.25) is 0 Å². The zero-order chi connectivity index (χ0) is 20.7. The second kappa shape index (κ2) is 9.77. The summed E-state index contributed by atoms with van der Waals surface area (Å²) in [6.07, 6.45) is -0.631. The number of aromatic carboxylic acids is 1. The molecule has 0 aliphatic rings. The van der Waals surface area contributed by atoms with E-state index in [0.717, 1.165) is 0 Å². The molecular formula is C19H22O9. The molecule has 1 heterocycles. The fraction of sp³-hybridized carbons (Fsp3) is 0.368.